The molecular formula is C15H31NO. The lowest BCUT2D eigenvalue weighted by atomic mass is 9.66. The molecule has 0 heterocycles. The van der Waals surface area contributed by atoms with Crippen LogP contribution in [0.25, 0.3) is 0 Å². The van der Waals surface area contributed by atoms with Crippen molar-refractivity contribution in [1.29, 1.82) is 0 Å². The Kier molecular flexibility index (Phi) is 5.03. The Morgan fingerprint density at radius 3 is 2.18 bits per heavy atom. The predicted molar refractivity (Wildman–Crippen MR) is 74.0 cm³/mol. The van der Waals surface area contributed by atoms with Crippen molar-refractivity contribution < 1.29 is 4.74 Å². The Morgan fingerprint density at radius 2 is 1.82 bits per heavy atom. The third-order valence-electron chi connectivity index (χ3n) is 4.77. The number of nitrogens with two attached hydrogens (primary N) is 1. The van der Waals surface area contributed by atoms with E-state index in [1.807, 2.05) is 0 Å². The van der Waals surface area contributed by atoms with Crippen LogP contribution < -0.4 is 5.73 Å². The Labute approximate surface area is 107 Å². The molecule has 0 aliphatic heterocycles. The second kappa shape index (κ2) is 5.71. The fourth-order valence-electron chi connectivity index (χ4n) is 3.08. The van der Waals surface area contributed by atoms with E-state index in [4.69, 9.17) is 10.5 Å². The van der Waals surface area contributed by atoms with Crippen LogP contribution >= 0.6 is 0 Å². The molecule has 0 spiro atoms. The predicted octanol–water partition coefficient (Wildman–Crippen LogP) is 3.74. The second-order valence-corrected chi connectivity index (χ2v) is 6.67. The Bertz CT molecular complexity index is 227. The lowest BCUT2D eigenvalue weighted by Gasteiger charge is -2.45. The van der Waals surface area contributed by atoms with Gasteiger partial charge in [-0.3, -0.25) is 0 Å². The summed E-state index contributed by atoms with van der Waals surface area (Å²) < 4.78 is 6.10. The van der Waals surface area contributed by atoms with Crippen molar-refractivity contribution in [2.24, 2.45) is 17.1 Å². The third kappa shape index (κ3) is 3.69. The van der Waals surface area contributed by atoms with Crippen molar-refractivity contribution in [2.75, 3.05) is 6.54 Å². The van der Waals surface area contributed by atoms with Crippen LogP contribution in [0.3, 0.4) is 0 Å². The zero-order chi connectivity index (χ0) is 13.1. The van der Waals surface area contributed by atoms with Gasteiger partial charge in [0.2, 0.25) is 0 Å². The first-order valence-corrected chi connectivity index (χ1v) is 7.23. The molecule has 1 aliphatic carbocycles. The van der Waals surface area contributed by atoms with E-state index >= 15 is 0 Å². The molecule has 2 heteroatoms. The minimum atomic E-state index is -0.0332. The van der Waals surface area contributed by atoms with Crippen LogP contribution in [0.5, 0.6) is 0 Å². The summed E-state index contributed by atoms with van der Waals surface area (Å²) in [6, 6.07) is 0. The van der Waals surface area contributed by atoms with Crippen molar-refractivity contribution in [1.82, 2.24) is 0 Å². The van der Waals surface area contributed by atoms with Gasteiger partial charge >= 0.3 is 0 Å². The molecule has 0 amide bonds. The first-order valence-electron chi connectivity index (χ1n) is 7.23. The fraction of sp³-hybridized carbons (Fsp3) is 1.00. The van der Waals surface area contributed by atoms with Crippen LogP contribution in [0, 0.1) is 11.3 Å². The van der Waals surface area contributed by atoms with E-state index in [-0.39, 0.29) is 11.7 Å². The summed E-state index contributed by atoms with van der Waals surface area (Å²) >= 11 is 0. The average molecular weight is 241 g/mol. The van der Waals surface area contributed by atoms with Crippen LogP contribution in [-0.2, 0) is 4.74 Å². The number of hydrogen-bond donors (Lipinski definition) is 1. The summed E-state index contributed by atoms with van der Waals surface area (Å²) in [6.45, 7) is 12.0. The van der Waals surface area contributed by atoms with Crippen LogP contribution in [0.15, 0.2) is 0 Å². The fourth-order valence-corrected chi connectivity index (χ4v) is 3.08. The van der Waals surface area contributed by atoms with Gasteiger partial charge < -0.3 is 10.5 Å². The quantitative estimate of drug-likeness (QED) is 0.796. The molecule has 0 unspecified atom stereocenters. The highest BCUT2D eigenvalue weighted by Crippen LogP contribution is 2.44. The van der Waals surface area contributed by atoms with E-state index < -0.39 is 0 Å². The van der Waals surface area contributed by atoms with E-state index in [0.717, 1.165) is 18.8 Å². The largest absolute Gasteiger partial charge is 0.371 e. The maximum absolute atomic E-state index is 6.10. The van der Waals surface area contributed by atoms with Crippen molar-refractivity contribution in [2.45, 2.75) is 78.4 Å². The molecule has 1 fully saturated rings. The molecule has 2 nitrogen and oxygen atoms in total. The van der Waals surface area contributed by atoms with Crippen LogP contribution in [0.4, 0.5) is 0 Å². The van der Waals surface area contributed by atoms with Gasteiger partial charge in [0.1, 0.15) is 0 Å². The van der Waals surface area contributed by atoms with Gasteiger partial charge in [-0.25, -0.2) is 0 Å². The minimum absolute atomic E-state index is 0.0332. The van der Waals surface area contributed by atoms with Crippen LogP contribution in [0.1, 0.15) is 66.7 Å². The molecule has 0 radical (unpaired) electrons. The molecule has 0 bridgehead atoms. The topological polar surface area (TPSA) is 35.2 Å². The highest BCUT2D eigenvalue weighted by Gasteiger charge is 2.39. The molecule has 0 aromatic carbocycles. The molecule has 1 saturated carbocycles. The number of rotatable bonds is 5. The van der Waals surface area contributed by atoms with E-state index in [2.05, 4.69) is 34.6 Å². The van der Waals surface area contributed by atoms with Gasteiger partial charge in [0.15, 0.2) is 0 Å². The maximum Gasteiger partial charge on any atom is 0.0807 e. The summed E-state index contributed by atoms with van der Waals surface area (Å²) in [7, 11) is 0. The first-order chi connectivity index (χ1) is 7.85. The van der Waals surface area contributed by atoms with Crippen molar-refractivity contribution >= 4 is 0 Å². The summed E-state index contributed by atoms with van der Waals surface area (Å²) in [5, 5.41) is 0. The molecular weight excluding hydrogens is 210 g/mol. The van der Waals surface area contributed by atoms with E-state index in [1.54, 1.807) is 0 Å². The van der Waals surface area contributed by atoms with Crippen molar-refractivity contribution in [3.63, 3.8) is 0 Å². The van der Waals surface area contributed by atoms with Gasteiger partial charge in [0.25, 0.3) is 0 Å². The highest BCUT2D eigenvalue weighted by molar-refractivity contribution is 4.92. The standard InChI is InChI=1S/C15H31NO/c1-6-14(4,5)13-7-9-15(11-16,10-8-13)17-12(2)3/h12-13H,6-11,16H2,1-5H3. The number of hydrogen-bond acceptors (Lipinski definition) is 2. The minimum Gasteiger partial charge on any atom is -0.371 e. The Balaban J connectivity index is 2.59. The second-order valence-electron chi connectivity index (χ2n) is 6.67. The van der Waals surface area contributed by atoms with Gasteiger partial charge in [0.05, 0.1) is 11.7 Å². The first kappa shape index (κ1) is 15.0. The summed E-state index contributed by atoms with van der Waals surface area (Å²) in [4.78, 5) is 0. The molecule has 0 atom stereocenters. The normalized spacial score (nSPS) is 30.9. The van der Waals surface area contributed by atoms with Crippen LogP contribution in [-0.4, -0.2) is 18.2 Å². The summed E-state index contributed by atoms with van der Waals surface area (Å²) in [6.07, 6.45) is 6.36. The van der Waals surface area contributed by atoms with Crippen molar-refractivity contribution in [3.8, 4) is 0 Å². The zero-order valence-corrected chi connectivity index (χ0v) is 12.4. The van der Waals surface area contributed by atoms with Gasteiger partial charge in [-0.2, -0.15) is 0 Å². The van der Waals surface area contributed by atoms with Crippen molar-refractivity contribution in [3.05, 3.63) is 0 Å². The molecule has 2 N–H and O–H groups in total. The molecule has 1 rings (SSSR count). The SMILES string of the molecule is CCC(C)(C)C1CCC(CN)(OC(C)C)CC1. The van der Waals surface area contributed by atoms with Gasteiger partial charge in [-0.15, -0.1) is 0 Å². The summed E-state index contributed by atoms with van der Waals surface area (Å²) in [5.41, 5.74) is 6.39. The zero-order valence-electron chi connectivity index (χ0n) is 12.4. The van der Waals surface area contributed by atoms with Gasteiger partial charge in [0, 0.05) is 6.54 Å². The van der Waals surface area contributed by atoms with E-state index in [1.165, 1.54) is 19.3 Å². The Morgan fingerprint density at radius 1 is 1.29 bits per heavy atom. The molecule has 0 aromatic heterocycles. The third-order valence-corrected chi connectivity index (χ3v) is 4.77. The molecule has 0 saturated heterocycles. The van der Waals surface area contributed by atoms with E-state index in [9.17, 15) is 0 Å². The van der Waals surface area contributed by atoms with Crippen LogP contribution in [0.2, 0.25) is 0 Å². The van der Waals surface area contributed by atoms with Gasteiger partial charge in [-0.1, -0.05) is 27.2 Å². The molecule has 17 heavy (non-hydrogen) atoms. The molecule has 102 valence electrons. The molecule has 0 aromatic rings. The van der Waals surface area contributed by atoms with Gasteiger partial charge in [-0.05, 0) is 50.9 Å². The lowest BCUT2D eigenvalue weighted by Crippen LogP contribution is -2.47. The highest BCUT2D eigenvalue weighted by atomic mass is 16.5. The number of ether oxygens (including phenoxy) is 1. The average Bonchev–Trinajstić information content (AvgIpc) is 2.29. The molecule has 1 aliphatic rings. The maximum atomic E-state index is 6.10. The lowest BCUT2D eigenvalue weighted by molar-refractivity contribution is -0.108. The summed E-state index contributed by atoms with van der Waals surface area (Å²) in [5.74, 6) is 0.836. The monoisotopic (exact) mass is 241 g/mol. The smallest absolute Gasteiger partial charge is 0.0807 e. The van der Waals surface area contributed by atoms with E-state index in [0.29, 0.717) is 12.0 Å². The Hall–Kier alpha value is -0.0800.